The minimum absolute atomic E-state index is 0.593. The molecule has 2 heteroatoms. The minimum Gasteiger partial charge on any atom is -0.299 e. The summed E-state index contributed by atoms with van der Waals surface area (Å²) in [5.74, 6) is 0. The molecule has 1 aromatic rings. The van der Waals surface area contributed by atoms with Crippen LogP contribution in [0.2, 0.25) is 0 Å². The van der Waals surface area contributed by atoms with Gasteiger partial charge in [-0.2, -0.15) is 5.26 Å². The van der Waals surface area contributed by atoms with E-state index in [1.54, 1.807) is 0 Å². The van der Waals surface area contributed by atoms with Crippen LogP contribution in [0, 0.1) is 18.3 Å². The highest BCUT2D eigenvalue weighted by atomic mass is 15.1. The first kappa shape index (κ1) is 12.7. The van der Waals surface area contributed by atoms with Gasteiger partial charge in [0, 0.05) is 12.6 Å². The van der Waals surface area contributed by atoms with Gasteiger partial charge in [-0.25, -0.2) is 0 Å². The Morgan fingerprint density at radius 3 is 2.62 bits per heavy atom. The highest BCUT2D eigenvalue weighted by Gasteiger charge is 2.08. The maximum absolute atomic E-state index is 8.80. The summed E-state index contributed by atoms with van der Waals surface area (Å²) in [6, 6.07) is 8.68. The standard InChI is InChI=1S/C14H20N2/c1-5-12(3)16(4)10-14-7-6-13(9-15)8-11(14)2/h6-8,12H,5,10H2,1-4H3. The molecule has 0 spiro atoms. The van der Waals surface area contributed by atoms with Crippen molar-refractivity contribution < 1.29 is 0 Å². The first-order valence-corrected chi connectivity index (χ1v) is 5.78. The van der Waals surface area contributed by atoms with Crippen LogP contribution in [0.1, 0.15) is 37.0 Å². The summed E-state index contributed by atoms with van der Waals surface area (Å²) < 4.78 is 0. The molecule has 2 nitrogen and oxygen atoms in total. The quantitative estimate of drug-likeness (QED) is 0.773. The highest BCUT2D eigenvalue weighted by Crippen LogP contribution is 2.14. The van der Waals surface area contributed by atoms with Gasteiger partial charge in [-0.05, 0) is 50.6 Å². The van der Waals surface area contributed by atoms with E-state index in [0.717, 1.165) is 18.5 Å². The zero-order valence-electron chi connectivity index (χ0n) is 10.6. The Morgan fingerprint density at radius 2 is 2.12 bits per heavy atom. The van der Waals surface area contributed by atoms with Crippen molar-refractivity contribution in [3.63, 3.8) is 0 Å². The van der Waals surface area contributed by atoms with E-state index in [0.29, 0.717) is 6.04 Å². The van der Waals surface area contributed by atoms with Gasteiger partial charge in [-0.15, -0.1) is 0 Å². The second kappa shape index (κ2) is 5.67. The van der Waals surface area contributed by atoms with Gasteiger partial charge in [-0.1, -0.05) is 13.0 Å². The molecule has 1 rings (SSSR count). The molecule has 16 heavy (non-hydrogen) atoms. The van der Waals surface area contributed by atoms with Crippen molar-refractivity contribution in [1.29, 1.82) is 5.26 Å². The van der Waals surface area contributed by atoms with Crippen LogP contribution in [0.5, 0.6) is 0 Å². The monoisotopic (exact) mass is 216 g/mol. The molecule has 0 bridgehead atoms. The average Bonchev–Trinajstić information content (AvgIpc) is 2.30. The van der Waals surface area contributed by atoms with Crippen LogP contribution in [0.3, 0.4) is 0 Å². The van der Waals surface area contributed by atoms with Gasteiger partial charge in [0.15, 0.2) is 0 Å². The Labute approximate surface area is 98.5 Å². The van der Waals surface area contributed by atoms with Crippen molar-refractivity contribution in [2.45, 2.75) is 39.8 Å². The summed E-state index contributed by atoms with van der Waals surface area (Å²) in [7, 11) is 2.14. The van der Waals surface area contributed by atoms with Gasteiger partial charge in [0.25, 0.3) is 0 Å². The van der Waals surface area contributed by atoms with Crippen LogP contribution in [0.25, 0.3) is 0 Å². The van der Waals surface area contributed by atoms with E-state index < -0.39 is 0 Å². The molecular formula is C14H20N2. The zero-order chi connectivity index (χ0) is 12.1. The largest absolute Gasteiger partial charge is 0.299 e. The van der Waals surface area contributed by atoms with E-state index in [9.17, 15) is 0 Å². The fourth-order valence-corrected chi connectivity index (χ4v) is 1.68. The summed E-state index contributed by atoms with van der Waals surface area (Å²) >= 11 is 0. The summed E-state index contributed by atoms with van der Waals surface area (Å²) in [5, 5.41) is 8.80. The molecule has 0 heterocycles. The van der Waals surface area contributed by atoms with E-state index in [1.807, 2.05) is 12.1 Å². The molecular weight excluding hydrogens is 196 g/mol. The van der Waals surface area contributed by atoms with Crippen LogP contribution in [0.15, 0.2) is 18.2 Å². The smallest absolute Gasteiger partial charge is 0.0991 e. The number of hydrogen-bond donors (Lipinski definition) is 0. The molecule has 0 radical (unpaired) electrons. The van der Waals surface area contributed by atoms with Crippen LogP contribution < -0.4 is 0 Å². The molecule has 0 N–H and O–H groups in total. The molecule has 0 aliphatic rings. The Kier molecular flexibility index (Phi) is 4.52. The van der Waals surface area contributed by atoms with Gasteiger partial charge < -0.3 is 0 Å². The minimum atomic E-state index is 0.593. The van der Waals surface area contributed by atoms with E-state index in [1.165, 1.54) is 11.1 Å². The number of rotatable bonds is 4. The average molecular weight is 216 g/mol. The normalized spacial score (nSPS) is 12.5. The molecule has 0 amide bonds. The third kappa shape index (κ3) is 3.08. The van der Waals surface area contributed by atoms with Gasteiger partial charge >= 0.3 is 0 Å². The summed E-state index contributed by atoms with van der Waals surface area (Å²) in [6.07, 6.45) is 1.16. The van der Waals surface area contributed by atoms with E-state index in [2.05, 4.69) is 44.9 Å². The van der Waals surface area contributed by atoms with Gasteiger partial charge in [0.2, 0.25) is 0 Å². The van der Waals surface area contributed by atoms with Crippen LogP contribution in [0.4, 0.5) is 0 Å². The Balaban J connectivity index is 2.79. The lowest BCUT2D eigenvalue weighted by atomic mass is 10.0. The molecule has 0 aliphatic heterocycles. The predicted molar refractivity (Wildman–Crippen MR) is 67.1 cm³/mol. The lowest BCUT2D eigenvalue weighted by Crippen LogP contribution is -2.28. The third-order valence-corrected chi connectivity index (χ3v) is 3.23. The lowest BCUT2D eigenvalue weighted by molar-refractivity contribution is 0.243. The Morgan fingerprint density at radius 1 is 1.44 bits per heavy atom. The third-order valence-electron chi connectivity index (χ3n) is 3.23. The van der Waals surface area contributed by atoms with Gasteiger partial charge in [0.1, 0.15) is 0 Å². The molecule has 1 atom stereocenters. The molecule has 0 saturated heterocycles. The maximum Gasteiger partial charge on any atom is 0.0991 e. The summed E-state index contributed by atoms with van der Waals surface area (Å²) in [6.45, 7) is 7.46. The van der Waals surface area contributed by atoms with Gasteiger partial charge in [0.05, 0.1) is 11.6 Å². The number of aryl methyl sites for hydroxylation is 1. The SMILES string of the molecule is CCC(C)N(C)Cc1ccc(C#N)cc1C. The topological polar surface area (TPSA) is 27.0 Å². The van der Waals surface area contributed by atoms with Crippen molar-refractivity contribution in [2.24, 2.45) is 0 Å². The van der Waals surface area contributed by atoms with Crippen molar-refractivity contribution in [3.8, 4) is 6.07 Å². The first-order valence-electron chi connectivity index (χ1n) is 5.78. The molecule has 0 aromatic heterocycles. The zero-order valence-corrected chi connectivity index (χ0v) is 10.6. The predicted octanol–water partition coefficient (Wildman–Crippen LogP) is 3.10. The second-order valence-electron chi connectivity index (χ2n) is 4.43. The molecule has 0 fully saturated rings. The van der Waals surface area contributed by atoms with Crippen LogP contribution >= 0.6 is 0 Å². The molecule has 1 unspecified atom stereocenters. The molecule has 0 saturated carbocycles. The number of nitrogens with zero attached hydrogens (tertiary/aromatic N) is 2. The van der Waals surface area contributed by atoms with E-state index >= 15 is 0 Å². The summed E-state index contributed by atoms with van der Waals surface area (Å²) in [4.78, 5) is 2.34. The van der Waals surface area contributed by atoms with Gasteiger partial charge in [-0.3, -0.25) is 4.90 Å². The van der Waals surface area contributed by atoms with Crippen molar-refractivity contribution in [1.82, 2.24) is 4.90 Å². The Bertz CT molecular complexity index is 390. The van der Waals surface area contributed by atoms with E-state index in [-0.39, 0.29) is 0 Å². The van der Waals surface area contributed by atoms with Crippen molar-refractivity contribution in [3.05, 3.63) is 34.9 Å². The van der Waals surface area contributed by atoms with Crippen molar-refractivity contribution >= 4 is 0 Å². The van der Waals surface area contributed by atoms with Crippen LogP contribution in [-0.4, -0.2) is 18.0 Å². The van der Waals surface area contributed by atoms with Crippen LogP contribution in [-0.2, 0) is 6.54 Å². The molecule has 1 aromatic carbocycles. The number of nitriles is 1. The van der Waals surface area contributed by atoms with E-state index in [4.69, 9.17) is 5.26 Å². The fourth-order valence-electron chi connectivity index (χ4n) is 1.68. The maximum atomic E-state index is 8.80. The first-order chi connectivity index (χ1) is 7.58. The number of hydrogen-bond acceptors (Lipinski definition) is 2. The lowest BCUT2D eigenvalue weighted by Gasteiger charge is -2.24. The van der Waals surface area contributed by atoms with Crippen molar-refractivity contribution in [2.75, 3.05) is 7.05 Å². The highest BCUT2D eigenvalue weighted by molar-refractivity contribution is 5.37. The molecule has 86 valence electrons. The second-order valence-corrected chi connectivity index (χ2v) is 4.43. The number of benzene rings is 1. The Hall–Kier alpha value is -1.33. The summed E-state index contributed by atoms with van der Waals surface area (Å²) in [5.41, 5.74) is 3.25. The fraction of sp³-hybridized carbons (Fsp3) is 0.500. The molecule has 0 aliphatic carbocycles.